The van der Waals surface area contributed by atoms with Crippen molar-refractivity contribution in [3.05, 3.63) is 35.4 Å². The van der Waals surface area contributed by atoms with Gasteiger partial charge in [-0.05, 0) is 25.2 Å². The summed E-state index contributed by atoms with van der Waals surface area (Å²) >= 11 is 0. The minimum absolute atomic E-state index is 0.144. The number of nitrogens with two attached hydrogens (primary N) is 2. The van der Waals surface area contributed by atoms with Gasteiger partial charge in [0, 0.05) is 5.56 Å². The fraction of sp³-hybridized carbons (Fsp3) is 0.364. The normalized spacial score (nSPS) is 9.35. The van der Waals surface area contributed by atoms with Crippen LogP contribution in [0.1, 0.15) is 29.8 Å². The van der Waals surface area contributed by atoms with Crippen molar-refractivity contribution in [2.45, 2.75) is 20.0 Å². The quantitative estimate of drug-likeness (QED) is 0.803. The highest BCUT2D eigenvalue weighted by Gasteiger charge is 2.30. The van der Waals surface area contributed by atoms with E-state index in [4.69, 9.17) is 5.73 Å². The molecule has 1 amide bonds. The van der Waals surface area contributed by atoms with Crippen molar-refractivity contribution in [3.63, 3.8) is 0 Å². The fourth-order valence-electron chi connectivity index (χ4n) is 0.849. The van der Waals surface area contributed by atoms with Gasteiger partial charge in [-0.1, -0.05) is 19.9 Å². The molecule has 98 valence electrons. The van der Waals surface area contributed by atoms with Crippen molar-refractivity contribution >= 4 is 5.91 Å². The van der Waals surface area contributed by atoms with E-state index in [2.05, 4.69) is 5.73 Å². The van der Waals surface area contributed by atoms with Gasteiger partial charge in [-0.3, -0.25) is 4.79 Å². The molecule has 0 heterocycles. The van der Waals surface area contributed by atoms with Gasteiger partial charge in [0.15, 0.2) is 0 Å². The van der Waals surface area contributed by atoms with Crippen LogP contribution in [0.3, 0.4) is 0 Å². The summed E-state index contributed by atoms with van der Waals surface area (Å²) in [5.74, 6) is -0.869. The maximum Gasteiger partial charge on any atom is 0.416 e. The number of primary amides is 1. The molecule has 0 aromatic heterocycles. The lowest BCUT2D eigenvalue weighted by Gasteiger charge is -2.06. The topological polar surface area (TPSA) is 69.1 Å². The summed E-state index contributed by atoms with van der Waals surface area (Å²) in [7, 11) is 1.50. The SMILES string of the molecule is CC.CN.NC(=O)c1cccc(C(F)(F)F)c1. The van der Waals surface area contributed by atoms with Crippen LogP contribution in [0.5, 0.6) is 0 Å². The minimum Gasteiger partial charge on any atom is -0.366 e. The summed E-state index contributed by atoms with van der Waals surface area (Å²) in [6.45, 7) is 4.00. The zero-order chi connectivity index (χ0) is 14.1. The number of carbonyl (C=O) groups excluding carboxylic acids is 1. The van der Waals surface area contributed by atoms with Crippen LogP contribution < -0.4 is 11.5 Å². The van der Waals surface area contributed by atoms with E-state index in [1.54, 1.807) is 0 Å². The zero-order valence-electron chi connectivity index (χ0n) is 10.0. The van der Waals surface area contributed by atoms with Crippen molar-refractivity contribution in [1.82, 2.24) is 0 Å². The van der Waals surface area contributed by atoms with Crippen molar-refractivity contribution in [2.24, 2.45) is 11.5 Å². The first-order chi connectivity index (χ1) is 7.91. The maximum absolute atomic E-state index is 12.1. The molecular weight excluding hydrogens is 233 g/mol. The third kappa shape index (κ3) is 6.57. The monoisotopic (exact) mass is 250 g/mol. The number of hydrogen-bond donors (Lipinski definition) is 2. The second kappa shape index (κ2) is 8.58. The van der Waals surface area contributed by atoms with Crippen molar-refractivity contribution in [1.29, 1.82) is 0 Å². The molecule has 17 heavy (non-hydrogen) atoms. The standard InChI is InChI=1S/C8H6F3NO.C2H6.CH5N/c9-8(10,11)6-3-1-2-5(4-6)7(12)13;2*1-2/h1-4H,(H2,12,13);1-2H3;2H2,1H3. The summed E-state index contributed by atoms with van der Waals surface area (Å²) in [5, 5.41) is 0. The number of hydrogen-bond acceptors (Lipinski definition) is 2. The Kier molecular flexibility index (Phi) is 8.99. The van der Waals surface area contributed by atoms with Gasteiger partial charge in [0.05, 0.1) is 5.56 Å². The first-order valence-electron chi connectivity index (χ1n) is 4.96. The lowest BCUT2D eigenvalue weighted by Crippen LogP contribution is -2.13. The van der Waals surface area contributed by atoms with Crippen LogP contribution in [-0.2, 0) is 6.18 Å². The largest absolute Gasteiger partial charge is 0.416 e. The highest BCUT2D eigenvalue weighted by molar-refractivity contribution is 5.92. The molecule has 0 aliphatic carbocycles. The van der Waals surface area contributed by atoms with Crippen LogP contribution in [-0.4, -0.2) is 13.0 Å². The Morgan fingerprint density at radius 1 is 1.18 bits per heavy atom. The first-order valence-corrected chi connectivity index (χ1v) is 4.96. The molecule has 0 saturated carbocycles. The lowest BCUT2D eigenvalue weighted by molar-refractivity contribution is -0.137. The predicted octanol–water partition coefficient (Wildman–Crippen LogP) is 2.41. The Labute approximate surface area is 98.6 Å². The average Bonchev–Trinajstić information content (AvgIpc) is 2.33. The molecule has 1 rings (SSSR count). The smallest absolute Gasteiger partial charge is 0.366 e. The van der Waals surface area contributed by atoms with E-state index in [-0.39, 0.29) is 5.56 Å². The summed E-state index contributed by atoms with van der Waals surface area (Å²) in [6.07, 6.45) is -4.44. The zero-order valence-corrected chi connectivity index (χ0v) is 10.0. The van der Waals surface area contributed by atoms with Crippen molar-refractivity contribution < 1.29 is 18.0 Å². The first kappa shape index (κ1) is 17.8. The Bertz CT molecular complexity index is 338. The number of carbonyl (C=O) groups is 1. The number of benzene rings is 1. The minimum atomic E-state index is -4.44. The van der Waals surface area contributed by atoms with Crippen LogP contribution >= 0.6 is 0 Å². The molecule has 0 aliphatic heterocycles. The molecule has 1 aromatic carbocycles. The number of halogens is 3. The summed E-state index contributed by atoms with van der Waals surface area (Å²) in [6, 6.07) is 3.98. The summed E-state index contributed by atoms with van der Waals surface area (Å²) < 4.78 is 36.2. The van der Waals surface area contributed by atoms with Gasteiger partial charge in [0.25, 0.3) is 0 Å². The Morgan fingerprint density at radius 2 is 1.65 bits per heavy atom. The molecule has 0 saturated heterocycles. The molecule has 0 atom stereocenters. The Hall–Kier alpha value is -1.56. The average molecular weight is 250 g/mol. The molecule has 0 bridgehead atoms. The van der Waals surface area contributed by atoms with E-state index in [9.17, 15) is 18.0 Å². The summed E-state index contributed by atoms with van der Waals surface area (Å²) in [4.78, 5) is 10.5. The molecule has 0 spiro atoms. The van der Waals surface area contributed by atoms with Crippen LogP contribution in [0, 0.1) is 0 Å². The highest BCUT2D eigenvalue weighted by Crippen LogP contribution is 2.29. The molecule has 0 radical (unpaired) electrons. The van der Waals surface area contributed by atoms with E-state index in [0.29, 0.717) is 0 Å². The Balaban J connectivity index is 0. The predicted molar refractivity (Wildman–Crippen MR) is 61.4 cm³/mol. The molecule has 4 N–H and O–H groups in total. The van der Waals surface area contributed by atoms with Crippen LogP contribution in [0.15, 0.2) is 24.3 Å². The molecule has 6 heteroatoms. The van der Waals surface area contributed by atoms with Crippen LogP contribution in [0.4, 0.5) is 13.2 Å². The van der Waals surface area contributed by atoms with E-state index < -0.39 is 17.6 Å². The van der Waals surface area contributed by atoms with Gasteiger partial charge in [-0.15, -0.1) is 0 Å². The molecule has 1 aromatic rings. The van der Waals surface area contributed by atoms with Crippen LogP contribution in [0.2, 0.25) is 0 Å². The number of rotatable bonds is 1. The van der Waals surface area contributed by atoms with E-state index in [1.807, 2.05) is 13.8 Å². The van der Waals surface area contributed by atoms with Crippen molar-refractivity contribution in [2.75, 3.05) is 7.05 Å². The fourth-order valence-corrected chi connectivity index (χ4v) is 0.849. The maximum atomic E-state index is 12.1. The summed E-state index contributed by atoms with van der Waals surface area (Å²) in [5.41, 5.74) is 8.30. The third-order valence-corrected chi connectivity index (χ3v) is 1.47. The van der Waals surface area contributed by atoms with E-state index in [0.717, 1.165) is 18.2 Å². The number of alkyl halides is 3. The number of amides is 1. The van der Waals surface area contributed by atoms with Gasteiger partial charge in [-0.2, -0.15) is 13.2 Å². The molecule has 0 unspecified atom stereocenters. The highest BCUT2D eigenvalue weighted by atomic mass is 19.4. The molecular formula is C11H17F3N2O. The molecule has 0 aliphatic rings. The van der Waals surface area contributed by atoms with Gasteiger partial charge in [0.2, 0.25) is 5.91 Å². The van der Waals surface area contributed by atoms with Crippen LogP contribution in [0.25, 0.3) is 0 Å². The van der Waals surface area contributed by atoms with Gasteiger partial charge >= 0.3 is 6.18 Å². The lowest BCUT2D eigenvalue weighted by atomic mass is 10.1. The second-order valence-corrected chi connectivity index (χ2v) is 2.44. The van der Waals surface area contributed by atoms with E-state index in [1.165, 1.54) is 13.1 Å². The molecule has 0 fully saturated rings. The second-order valence-electron chi connectivity index (χ2n) is 2.44. The molecule has 3 nitrogen and oxygen atoms in total. The third-order valence-electron chi connectivity index (χ3n) is 1.47. The van der Waals surface area contributed by atoms with Gasteiger partial charge < -0.3 is 11.5 Å². The van der Waals surface area contributed by atoms with Gasteiger partial charge in [0.1, 0.15) is 0 Å². The van der Waals surface area contributed by atoms with Crippen molar-refractivity contribution in [3.8, 4) is 0 Å². The van der Waals surface area contributed by atoms with Gasteiger partial charge in [-0.25, -0.2) is 0 Å². The van der Waals surface area contributed by atoms with E-state index >= 15 is 0 Å². The Morgan fingerprint density at radius 3 is 2.00 bits per heavy atom.